The lowest BCUT2D eigenvalue weighted by Gasteiger charge is -2.54. The summed E-state index contributed by atoms with van der Waals surface area (Å²) in [5, 5.41) is 16.1. The van der Waals surface area contributed by atoms with Gasteiger partial charge in [-0.05, 0) is 103 Å². The molecule has 13 nitrogen and oxygen atoms in total. The van der Waals surface area contributed by atoms with Gasteiger partial charge in [-0.25, -0.2) is 27.1 Å². The second kappa shape index (κ2) is 17.9. The summed E-state index contributed by atoms with van der Waals surface area (Å²) in [5.41, 5.74) is 3.05. The Morgan fingerprint density at radius 3 is 2.02 bits per heavy atom. The smallest absolute Gasteiger partial charge is 0.303 e. The first-order valence-corrected chi connectivity index (χ1v) is 20.9. The fraction of sp³-hybridized carbons (Fsp3) is 0.667. The van der Waals surface area contributed by atoms with E-state index in [0.717, 1.165) is 75.1 Å². The zero-order valence-corrected chi connectivity index (χ0v) is 32.9. The topological polar surface area (TPSA) is 165 Å². The van der Waals surface area contributed by atoms with Gasteiger partial charge in [-0.3, -0.25) is 24.2 Å². The summed E-state index contributed by atoms with van der Waals surface area (Å²) >= 11 is 0. The van der Waals surface area contributed by atoms with Crippen LogP contribution in [0.5, 0.6) is 0 Å². The van der Waals surface area contributed by atoms with Gasteiger partial charge in [-0.15, -0.1) is 0 Å². The number of carboxylic acid groups (broad SMARTS) is 2. The summed E-state index contributed by atoms with van der Waals surface area (Å²) in [4.78, 5) is 48.8. The van der Waals surface area contributed by atoms with Crippen LogP contribution in [-0.2, 0) is 19.6 Å². The summed E-state index contributed by atoms with van der Waals surface area (Å²) in [6.07, 6.45) is 7.47. The van der Waals surface area contributed by atoms with Crippen molar-refractivity contribution in [3.8, 4) is 0 Å². The number of piperazine rings is 1. The molecule has 54 heavy (non-hydrogen) atoms. The van der Waals surface area contributed by atoms with E-state index in [-0.39, 0.29) is 53.4 Å². The van der Waals surface area contributed by atoms with Crippen LogP contribution in [0.15, 0.2) is 30.6 Å². The van der Waals surface area contributed by atoms with E-state index < -0.39 is 22.0 Å². The number of piperidine rings is 2. The average molecular weight is 773 g/mol. The van der Waals surface area contributed by atoms with E-state index in [2.05, 4.69) is 33.6 Å². The molecule has 2 atom stereocenters. The number of rotatable bonds is 12. The van der Waals surface area contributed by atoms with Crippen molar-refractivity contribution in [3.63, 3.8) is 0 Å². The molecule has 6 rings (SSSR count). The second-order valence-electron chi connectivity index (χ2n) is 15.7. The summed E-state index contributed by atoms with van der Waals surface area (Å²) in [6.45, 7) is 13.5. The lowest BCUT2D eigenvalue weighted by atomic mass is 9.82. The van der Waals surface area contributed by atoms with Gasteiger partial charge >= 0.3 is 11.9 Å². The number of carbonyl (C=O) groups is 3. The number of carboxylic acids is 2. The summed E-state index contributed by atoms with van der Waals surface area (Å²) in [6, 6.07) is 7.29. The maximum absolute atomic E-state index is 14.5. The van der Waals surface area contributed by atoms with E-state index in [0.29, 0.717) is 44.6 Å². The predicted molar refractivity (Wildman–Crippen MR) is 202 cm³/mol. The molecule has 1 aromatic carbocycles. The monoisotopic (exact) mass is 772 g/mol. The maximum atomic E-state index is 14.5. The van der Waals surface area contributed by atoms with Crippen LogP contribution in [0, 0.1) is 25.6 Å². The quantitative estimate of drug-likeness (QED) is 0.282. The molecule has 1 aromatic heterocycles. The number of unbranched alkanes of at least 4 members (excludes halogenated alkanes) is 1. The molecule has 4 fully saturated rings. The molecule has 3 saturated heterocycles. The van der Waals surface area contributed by atoms with Crippen molar-refractivity contribution in [2.24, 2.45) is 5.92 Å². The van der Waals surface area contributed by atoms with Crippen LogP contribution in [0.3, 0.4) is 0 Å². The summed E-state index contributed by atoms with van der Waals surface area (Å²) in [5.74, 6) is -1.69. The molecule has 3 aliphatic heterocycles. The van der Waals surface area contributed by atoms with Gasteiger partial charge in [0.25, 0.3) is 5.91 Å². The highest BCUT2D eigenvalue weighted by Crippen LogP contribution is 2.41. The number of hydrogen-bond acceptors (Lipinski definition) is 9. The molecular weight excluding hydrogens is 716 g/mol. The number of aliphatic carboxylic acids is 2. The van der Waals surface area contributed by atoms with E-state index in [9.17, 15) is 27.2 Å². The summed E-state index contributed by atoms with van der Waals surface area (Å²) in [7, 11) is -3.18. The van der Waals surface area contributed by atoms with E-state index in [1.807, 2.05) is 24.8 Å². The van der Waals surface area contributed by atoms with Gasteiger partial charge < -0.3 is 15.1 Å². The van der Waals surface area contributed by atoms with Crippen LogP contribution in [0.1, 0.15) is 111 Å². The molecule has 0 spiro atoms. The third kappa shape index (κ3) is 10.2. The van der Waals surface area contributed by atoms with Crippen molar-refractivity contribution in [3.05, 3.63) is 58.9 Å². The van der Waals surface area contributed by atoms with Crippen molar-refractivity contribution < 1.29 is 37.4 Å². The first-order chi connectivity index (χ1) is 25.6. The molecule has 1 aliphatic carbocycles. The average Bonchev–Trinajstić information content (AvgIpc) is 3.99. The Labute approximate surface area is 319 Å². The second-order valence-corrected chi connectivity index (χ2v) is 17.9. The van der Waals surface area contributed by atoms with Gasteiger partial charge in [-0.2, -0.15) is 0 Å². The van der Waals surface area contributed by atoms with Crippen LogP contribution < -0.4 is 0 Å². The largest absolute Gasteiger partial charge is 0.481 e. The molecule has 4 aliphatic rings. The number of benzene rings is 1. The molecule has 1 amide bonds. The Bertz CT molecular complexity index is 1710. The highest BCUT2D eigenvalue weighted by atomic mass is 32.2. The molecule has 15 heteroatoms. The van der Waals surface area contributed by atoms with Gasteiger partial charge in [0, 0.05) is 76.3 Å². The number of nitrogens with zero attached hydrogens (tertiary/aromatic N) is 6. The highest BCUT2D eigenvalue weighted by Gasteiger charge is 2.45. The summed E-state index contributed by atoms with van der Waals surface area (Å²) < 4.78 is 42.0. The number of likely N-dealkylation sites (tertiary alicyclic amines) is 1. The van der Waals surface area contributed by atoms with Gasteiger partial charge in [0.1, 0.15) is 12.1 Å². The van der Waals surface area contributed by atoms with E-state index in [4.69, 9.17) is 10.2 Å². The molecule has 2 N–H and O–H groups in total. The van der Waals surface area contributed by atoms with Crippen molar-refractivity contribution in [1.29, 1.82) is 0 Å². The predicted octanol–water partition coefficient (Wildman–Crippen LogP) is 4.89. The SMILES string of the molecule is Cc1ncnc(C)c1C(=O)N1CCC(C)(N2CCN([C@@H](c3cccc(F)c3)C3CCN(S(=O)(=O)C4CC4)CC3)[C@H](C)C2)CC1.O=C(O)CCCCC(=O)O. The van der Waals surface area contributed by atoms with E-state index >= 15 is 0 Å². The molecular formula is C39H57FN6O7S. The van der Waals surface area contributed by atoms with Crippen LogP contribution in [0.2, 0.25) is 0 Å². The zero-order chi connectivity index (χ0) is 39.2. The molecule has 0 unspecified atom stereocenters. The maximum Gasteiger partial charge on any atom is 0.303 e. The van der Waals surface area contributed by atoms with Gasteiger partial charge in [0.15, 0.2) is 0 Å². The third-order valence-electron chi connectivity index (χ3n) is 11.8. The Morgan fingerprint density at radius 1 is 0.907 bits per heavy atom. The first kappa shape index (κ1) is 41.6. The van der Waals surface area contributed by atoms with E-state index in [1.165, 1.54) is 12.4 Å². The van der Waals surface area contributed by atoms with Crippen molar-refractivity contribution in [2.75, 3.05) is 45.8 Å². The minimum absolute atomic E-state index is 0.00866. The molecule has 4 heterocycles. The first-order valence-electron chi connectivity index (χ1n) is 19.4. The van der Waals surface area contributed by atoms with Crippen molar-refractivity contribution in [1.82, 2.24) is 29.0 Å². The number of sulfonamides is 1. The van der Waals surface area contributed by atoms with Crippen molar-refractivity contribution in [2.45, 2.75) is 115 Å². The van der Waals surface area contributed by atoms with Crippen LogP contribution in [0.4, 0.5) is 4.39 Å². The number of aromatic nitrogens is 2. The number of amides is 1. The Balaban J connectivity index is 0.000000493. The minimum atomic E-state index is -3.18. The Morgan fingerprint density at radius 2 is 1.50 bits per heavy atom. The lowest BCUT2D eigenvalue weighted by molar-refractivity contribution is -0.139. The lowest BCUT2D eigenvalue weighted by Crippen LogP contribution is -2.63. The number of carbonyl (C=O) groups excluding carboxylic acids is 1. The van der Waals surface area contributed by atoms with Gasteiger partial charge in [0.2, 0.25) is 10.0 Å². The molecule has 0 bridgehead atoms. The number of hydrogen-bond donors (Lipinski definition) is 2. The molecule has 1 saturated carbocycles. The van der Waals surface area contributed by atoms with Gasteiger partial charge in [0.05, 0.1) is 22.2 Å². The Hall–Kier alpha value is -3.53. The van der Waals surface area contributed by atoms with Crippen LogP contribution in [-0.4, -0.2) is 128 Å². The third-order valence-corrected chi connectivity index (χ3v) is 14.2. The highest BCUT2D eigenvalue weighted by molar-refractivity contribution is 7.90. The van der Waals surface area contributed by atoms with Crippen LogP contribution >= 0.6 is 0 Å². The number of halogens is 1. The van der Waals surface area contributed by atoms with E-state index in [1.54, 1.807) is 16.4 Å². The minimum Gasteiger partial charge on any atom is -0.481 e. The number of aryl methyl sites for hydroxylation is 2. The van der Waals surface area contributed by atoms with Gasteiger partial charge in [-0.1, -0.05) is 12.1 Å². The molecule has 2 aromatic rings. The van der Waals surface area contributed by atoms with Crippen LogP contribution in [0.25, 0.3) is 0 Å². The fourth-order valence-corrected chi connectivity index (χ4v) is 10.3. The normalized spacial score (nSPS) is 22.2. The standard InChI is InChI=1S/C33H47FN6O3S.C6H10O4/c1-23-21-38(33(4)12-16-37(17-13-33)32(41)30-24(2)35-22-36-25(30)3)18-19-40(23)31(27-6-5-7-28(34)20-27)26-10-14-39(15-11-26)44(42,43)29-8-9-29;7-5(8)3-1-2-4-6(9)10/h5-7,20,22-23,26,29,31H,8-19,21H2,1-4H3;1-4H2,(H,7,8)(H,9,10)/t23-,31-;/m1./s1. The molecule has 0 radical (unpaired) electrons. The molecule has 298 valence electrons. The Kier molecular flexibility index (Phi) is 13.8. The zero-order valence-electron chi connectivity index (χ0n) is 32.1. The fourth-order valence-electron chi connectivity index (χ4n) is 8.44. The van der Waals surface area contributed by atoms with Crippen molar-refractivity contribution >= 4 is 27.9 Å².